The van der Waals surface area contributed by atoms with Crippen LogP contribution in [0.5, 0.6) is 0 Å². The Labute approximate surface area is 112 Å². The largest absolute Gasteiger partial charge is 0.381 e. The van der Waals surface area contributed by atoms with E-state index in [0.29, 0.717) is 6.10 Å². The average Bonchev–Trinajstić information content (AvgIpc) is 2.84. The maximum Gasteiger partial charge on any atom is 0.0595 e. The van der Waals surface area contributed by atoms with Crippen molar-refractivity contribution < 1.29 is 4.74 Å². The fourth-order valence-electron chi connectivity index (χ4n) is 3.51. The minimum Gasteiger partial charge on any atom is -0.381 e. The number of nitrogens with zero attached hydrogens (tertiary/aromatic N) is 1. The number of methoxy groups -OCH3 is 1. The molecule has 2 unspecified atom stereocenters. The third-order valence-electron chi connectivity index (χ3n) is 4.68. The van der Waals surface area contributed by atoms with Crippen LogP contribution in [-0.2, 0) is 4.74 Å². The summed E-state index contributed by atoms with van der Waals surface area (Å²) in [7, 11) is 1.85. The molecule has 1 heterocycles. The summed E-state index contributed by atoms with van der Waals surface area (Å²) in [4.78, 5) is 2.66. The molecule has 0 radical (unpaired) electrons. The van der Waals surface area contributed by atoms with Crippen molar-refractivity contribution in [3.8, 4) is 0 Å². The van der Waals surface area contributed by atoms with Crippen LogP contribution in [0.15, 0.2) is 0 Å². The van der Waals surface area contributed by atoms with E-state index in [-0.39, 0.29) is 0 Å². The molecule has 106 valence electrons. The van der Waals surface area contributed by atoms with Crippen LogP contribution in [0.1, 0.15) is 45.4 Å². The van der Waals surface area contributed by atoms with Crippen molar-refractivity contribution in [1.29, 1.82) is 0 Å². The van der Waals surface area contributed by atoms with Crippen LogP contribution in [0.3, 0.4) is 0 Å². The van der Waals surface area contributed by atoms with Gasteiger partial charge >= 0.3 is 0 Å². The van der Waals surface area contributed by atoms with Crippen molar-refractivity contribution in [1.82, 2.24) is 10.2 Å². The highest BCUT2D eigenvalue weighted by Crippen LogP contribution is 2.27. The lowest BCUT2D eigenvalue weighted by Gasteiger charge is -2.34. The predicted octanol–water partition coefficient (Wildman–Crippen LogP) is 2.27. The van der Waals surface area contributed by atoms with Crippen LogP contribution >= 0.6 is 0 Å². The van der Waals surface area contributed by atoms with Gasteiger partial charge in [0.2, 0.25) is 0 Å². The Kier molecular flexibility index (Phi) is 5.93. The molecule has 0 aromatic heterocycles. The van der Waals surface area contributed by atoms with Gasteiger partial charge in [-0.15, -0.1) is 0 Å². The van der Waals surface area contributed by atoms with E-state index in [0.717, 1.165) is 12.0 Å². The summed E-state index contributed by atoms with van der Waals surface area (Å²) in [6.07, 6.45) is 8.43. The molecule has 0 amide bonds. The molecule has 0 aromatic carbocycles. The molecule has 0 spiro atoms. The summed E-state index contributed by atoms with van der Waals surface area (Å²) in [5, 5.41) is 3.74. The van der Waals surface area contributed by atoms with Gasteiger partial charge in [0.15, 0.2) is 0 Å². The summed E-state index contributed by atoms with van der Waals surface area (Å²) >= 11 is 0. The molecule has 1 N–H and O–H groups in total. The summed E-state index contributed by atoms with van der Waals surface area (Å²) < 4.78 is 5.44. The van der Waals surface area contributed by atoms with E-state index in [1.165, 1.54) is 64.7 Å². The van der Waals surface area contributed by atoms with E-state index in [4.69, 9.17) is 4.74 Å². The first kappa shape index (κ1) is 14.3. The first-order chi connectivity index (χ1) is 8.83. The van der Waals surface area contributed by atoms with Crippen molar-refractivity contribution in [2.75, 3.05) is 33.3 Å². The van der Waals surface area contributed by atoms with Crippen molar-refractivity contribution in [3.05, 3.63) is 0 Å². The molecule has 2 aliphatic rings. The Morgan fingerprint density at radius 3 is 2.61 bits per heavy atom. The van der Waals surface area contributed by atoms with E-state index in [2.05, 4.69) is 17.1 Å². The highest BCUT2D eigenvalue weighted by molar-refractivity contribution is 4.86. The fraction of sp³-hybridized carbons (Fsp3) is 1.00. The predicted molar refractivity (Wildman–Crippen MR) is 75.9 cm³/mol. The van der Waals surface area contributed by atoms with Gasteiger partial charge in [0.1, 0.15) is 0 Å². The van der Waals surface area contributed by atoms with Gasteiger partial charge in [-0.25, -0.2) is 0 Å². The van der Waals surface area contributed by atoms with Crippen LogP contribution < -0.4 is 5.32 Å². The van der Waals surface area contributed by atoms with Crippen LogP contribution in [-0.4, -0.2) is 50.3 Å². The second kappa shape index (κ2) is 7.46. The summed E-state index contributed by atoms with van der Waals surface area (Å²) in [5.41, 5.74) is 0. The van der Waals surface area contributed by atoms with Gasteiger partial charge in [-0.3, -0.25) is 0 Å². The number of nitrogens with one attached hydrogen (secondary N) is 1. The number of piperidine rings is 1. The molecule has 1 aliphatic heterocycles. The zero-order valence-corrected chi connectivity index (χ0v) is 12.2. The monoisotopic (exact) mass is 254 g/mol. The Bertz CT molecular complexity index is 227. The molecule has 18 heavy (non-hydrogen) atoms. The molecule has 2 fully saturated rings. The van der Waals surface area contributed by atoms with E-state index in [9.17, 15) is 0 Å². The zero-order valence-electron chi connectivity index (χ0n) is 12.2. The molecular formula is C15H30N2O. The van der Waals surface area contributed by atoms with Crippen LogP contribution in [0.2, 0.25) is 0 Å². The van der Waals surface area contributed by atoms with E-state index < -0.39 is 0 Å². The first-order valence-electron chi connectivity index (χ1n) is 7.82. The van der Waals surface area contributed by atoms with Gasteiger partial charge in [0.25, 0.3) is 0 Å². The van der Waals surface area contributed by atoms with Crippen LogP contribution in [0.25, 0.3) is 0 Å². The normalized spacial score (nSPS) is 31.0. The minimum atomic E-state index is 0.513. The smallest absolute Gasteiger partial charge is 0.0595 e. The number of ether oxygens (including phenoxy) is 1. The minimum absolute atomic E-state index is 0.513. The average molecular weight is 254 g/mol. The lowest BCUT2D eigenvalue weighted by Crippen LogP contribution is -2.43. The third kappa shape index (κ3) is 3.94. The van der Waals surface area contributed by atoms with Gasteiger partial charge < -0.3 is 15.0 Å². The molecule has 0 aromatic rings. The van der Waals surface area contributed by atoms with Gasteiger partial charge in [0, 0.05) is 32.8 Å². The molecule has 0 bridgehead atoms. The van der Waals surface area contributed by atoms with Crippen molar-refractivity contribution in [2.24, 2.45) is 5.92 Å². The highest BCUT2D eigenvalue weighted by Gasteiger charge is 2.29. The Hall–Kier alpha value is -0.120. The number of rotatable bonds is 6. The highest BCUT2D eigenvalue weighted by atomic mass is 16.5. The third-order valence-corrected chi connectivity index (χ3v) is 4.68. The van der Waals surface area contributed by atoms with Gasteiger partial charge in [0.05, 0.1) is 6.10 Å². The number of hydrogen-bond acceptors (Lipinski definition) is 3. The summed E-state index contributed by atoms with van der Waals surface area (Å²) in [5.74, 6) is 0.885. The van der Waals surface area contributed by atoms with E-state index in [1.54, 1.807) is 0 Å². The van der Waals surface area contributed by atoms with Crippen molar-refractivity contribution in [3.63, 3.8) is 0 Å². The van der Waals surface area contributed by atoms with Gasteiger partial charge in [-0.05, 0) is 44.6 Å². The molecule has 2 rings (SSSR count). The van der Waals surface area contributed by atoms with Gasteiger partial charge in [-0.1, -0.05) is 13.3 Å². The first-order valence-corrected chi connectivity index (χ1v) is 7.82. The zero-order chi connectivity index (χ0) is 12.8. The second-order valence-corrected chi connectivity index (χ2v) is 5.99. The van der Waals surface area contributed by atoms with E-state index in [1.807, 2.05) is 7.11 Å². The second-order valence-electron chi connectivity index (χ2n) is 5.99. The summed E-state index contributed by atoms with van der Waals surface area (Å²) in [6.45, 7) is 7.21. The van der Waals surface area contributed by atoms with E-state index >= 15 is 0 Å². The quantitative estimate of drug-likeness (QED) is 0.787. The molecule has 3 nitrogen and oxygen atoms in total. The van der Waals surface area contributed by atoms with Crippen LogP contribution in [0.4, 0.5) is 0 Å². The standard InChI is InChI=1S/C15H30N2O/c1-3-9-16-15-6-4-5-13(15)12-17-10-7-14(18-2)8-11-17/h13-16H,3-12H2,1-2H3. The van der Waals surface area contributed by atoms with Crippen molar-refractivity contribution in [2.45, 2.75) is 57.6 Å². The number of hydrogen-bond donors (Lipinski definition) is 1. The molecule has 1 saturated carbocycles. The lowest BCUT2D eigenvalue weighted by molar-refractivity contribution is 0.0356. The van der Waals surface area contributed by atoms with Crippen molar-refractivity contribution >= 4 is 0 Å². The topological polar surface area (TPSA) is 24.5 Å². The summed E-state index contributed by atoms with van der Waals surface area (Å²) in [6, 6.07) is 0.782. The molecule has 1 aliphatic carbocycles. The SMILES string of the molecule is CCCNC1CCCC1CN1CCC(OC)CC1. The Morgan fingerprint density at radius 1 is 1.17 bits per heavy atom. The maximum absolute atomic E-state index is 5.44. The van der Waals surface area contributed by atoms with Gasteiger partial charge in [-0.2, -0.15) is 0 Å². The lowest BCUT2D eigenvalue weighted by atomic mass is 10.00. The maximum atomic E-state index is 5.44. The molecular weight excluding hydrogens is 224 g/mol. The molecule has 3 heteroatoms. The fourth-order valence-corrected chi connectivity index (χ4v) is 3.51. The molecule has 1 saturated heterocycles. The Morgan fingerprint density at radius 2 is 1.94 bits per heavy atom. The van der Waals surface area contributed by atoms with Crippen LogP contribution in [0, 0.1) is 5.92 Å². The Balaban J connectivity index is 1.71. The number of likely N-dealkylation sites (tertiary alicyclic amines) is 1. The molecule has 2 atom stereocenters.